The minimum atomic E-state index is -0.331. The second-order valence-electron chi connectivity index (χ2n) is 6.39. The van der Waals surface area contributed by atoms with Crippen molar-refractivity contribution >= 4 is 11.7 Å². The number of piperazine rings is 1. The maximum atomic E-state index is 12.9. The number of hydrogen-bond acceptors (Lipinski definition) is 6. The molecular weight excluding hydrogens is 318 g/mol. The molecule has 0 aromatic carbocycles. The minimum absolute atomic E-state index is 0.0768. The van der Waals surface area contributed by atoms with Crippen LogP contribution in [0, 0.1) is 17.2 Å². The van der Waals surface area contributed by atoms with Crippen molar-refractivity contribution < 1.29 is 4.79 Å². The quantitative estimate of drug-likeness (QED) is 0.828. The van der Waals surface area contributed by atoms with E-state index in [-0.39, 0.29) is 17.9 Å². The Kier molecular flexibility index (Phi) is 4.93. The zero-order valence-corrected chi connectivity index (χ0v) is 14.4. The van der Waals surface area contributed by atoms with E-state index in [1.165, 1.54) is 6.33 Å². The van der Waals surface area contributed by atoms with Gasteiger partial charge >= 0.3 is 0 Å². The Morgan fingerprint density at radius 2 is 2.00 bits per heavy atom. The predicted octanol–water partition coefficient (Wildman–Crippen LogP) is 1.09. The highest BCUT2D eigenvalue weighted by Gasteiger charge is 2.31. The molecule has 1 saturated heterocycles. The van der Waals surface area contributed by atoms with Crippen LogP contribution in [0.4, 0.5) is 5.82 Å². The summed E-state index contributed by atoms with van der Waals surface area (Å²) in [5.74, 6) is 1.04. The molecule has 1 amide bonds. The number of nitriles is 1. The highest BCUT2D eigenvalue weighted by molar-refractivity contribution is 5.81. The number of carbonyl (C=O) groups excluding carboxylic acids is 1. The lowest BCUT2D eigenvalue weighted by Gasteiger charge is -2.37. The smallest absolute Gasteiger partial charge is 0.247 e. The van der Waals surface area contributed by atoms with Gasteiger partial charge in [0.15, 0.2) is 0 Å². The van der Waals surface area contributed by atoms with Crippen molar-refractivity contribution in [3.8, 4) is 6.07 Å². The zero-order valence-electron chi connectivity index (χ0n) is 14.4. The number of pyridine rings is 1. The molecule has 3 heterocycles. The van der Waals surface area contributed by atoms with Gasteiger partial charge < -0.3 is 9.80 Å². The SMILES string of the molecule is CC(C)[C@H](C(=O)N1CCN(c2ccc(C#N)cn2)CC1)n1cncn1. The molecule has 8 heteroatoms. The lowest BCUT2D eigenvalue weighted by molar-refractivity contribution is -0.136. The number of rotatable bonds is 4. The van der Waals surface area contributed by atoms with Crippen molar-refractivity contribution in [2.45, 2.75) is 19.9 Å². The van der Waals surface area contributed by atoms with Crippen LogP contribution in [0.25, 0.3) is 0 Å². The summed E-state index contributed by atoms with van der Waals surface area (Å²) in [6.07, 6.45) is 4.63. The van der Waals surface area contributed by atoms with E-state index in [1.807, 2.05) is 24.8 Å². The van der Waals surface area contributed by atoms with Crippen LogP contribution in [-0.4, -0.2) is 56.7 Å². The Bertz CT molecular complexity index is 740. The Morgan fingerprint density at radius 1 is 1.24 bits per heavy atom. The van der Waals surface area contributed by atoms with Crippen LogP contribution in [0.15, 0.2) is 31.0 Å². The van der Waals surface area contributed by atoms with E-state index in [2.05, 4.69) is 26.0 Å². The summed E-state index contributed by atoms with van der Waals surface area (Å²) in [4.78, 5) is 25.2. The topological polar surface area (TPSA) is 90.9 Å². The summed E-state index contributed by atoms with van der Waals surface area (Å²) >= 11 is 0. The van der Waals surface area contributed by atoms with E-state index in [4.69, 9.17) is 5.26 Å². The van der Waals surface area contributed by atoms with Crippen LogP contribution in [0.5, 0.6) is 0 Å². The van der Waals surface area contributed by atoms with Gasteiger partial charge in [0.05, 0.1) is 5.56 Å². The molecule has 130 valence electrons. The average Bonchev–Trinajstić information content (AvgIpc) is 3.16. The fourth-order valence-electron chi connectivity index (χ4n) is 3.05. The summed E-state index contributed by atoms with van der Waals surface area (Å²) in [6, 6.07) is 5.35. The van der Waals surface area contributed by atoms with Crippen LogP contribution in [0.2, 0.25) is 0 Å². The number of amides is 1. The largest absolute Gasteiger partial charge is 0.353 e. The van der Waals surface area contributed by atoms with Crippen molar-refractivity contribution in [1.82, 2.24) is 24.6 Å². The van der Waals surface area contributed by atoms with E-state index in [0.29, 0.717) is 31.7 Å². The van der Waals surface area contributed by atoms with Gasteiger partial charge in [-0.05, 0) is 18.1 Å². The Balaban J connectivity index is 1.64. The maximum Gasteiger partial charge on any atom is 0.247 e. The average molecular weight is 339 g/mol. The molecule has 0 bridgehead atoms. The van der Waals surface area contributed by atoms with Crippen LogP contribution in [0.1, 0.15) is 25.5 Å². The normalized spacial score (nSPS) is 15.9. The summed E-state index contributed by atoms with van der Waals surface area (Å²) in [6.45, 7) is 6.73. The summed E-state index contributed by atoms with van der Waals surface area (Å²) in [7, 11) is 0. The van der Waals surface area contributed by atoms with Crippen molar-refractivity contribution in [3.05, 3.63) is 36.5 Å². The third-order valence-corrected chi connectivity index (χ3v) is 4.40. The number of anilines is 1. The van der Waals surface area contributed by atoms with E-state index in [1.54, 1.807) is 23.3 Å². The molecule has 8 nitrogen and oxygen atoms in total. The molecule has 1 aliphatic heterocycles. The molecule has 3 rings (SSSR count). The van der Waals surface area contributed by atoms with Gasteiger partial charge in [-0.25, -0.2) is 14.6 Å². The molecule has 2 aromatic heterocycles. The van der Waals surface area contributed by atoms with Crippen LogP contribution in [-0.2, 0) is 4.79 Å². The van der Waals surface area contributed by atoms with Crippen molar-refractivity contribution in [1.29, 1.82) is 5.26 Å². The van der Waals surface area contributed by atoms with Crippen LogP contribution in [0.3, 0.4) is 0 Å². The summed E-state index contributed by atoms with van der Waals surface area (Å²) < 4.78 is 1.64. The van der Waals surface area contributed by atoms with Gasteiger partial charge in [0, 0.05) is 32.4 Å². The standard InChI is InChI=1S/C17H21N7O/c1-13(2)16(24-12-19-11-21-24)17(25)23-7-5-22(6-8-23)15-4-3-14(9-18)10-20-15/h3-4,10-13,16H,5-8H2,1-2H3/t16-/m1/s1. The number of aromatic nitrogens is 4. The molecule has 0 saturated carbocycles. The van der Waals surface area contributed by atoms with Crippen molar-refractivity contribution in [2.24, 2.45) is 5.92 Å². The van der Waals surface area contributed by atoms with Gasteiger partial charge in [-0.15, -0.1) is 0 Å². The highest BCUT2D eigenvalue weighted by Crippen LogP contribution is 2.21. The number of nitrogens with zero attached hydrogens (tertiary/aromatic N) is 7. The summed E-state index contributed by atoms with van der Waals surface area (Å²) in [5.41, 5.74) is 0.546. The molecule has 0 unspecified atom stereocenters. The molecule has 25 heavy (non-hydrogen) atoms. The number of hydrogen-bond donors (Lipinski definition) is 0. The fraction of sp³-hybridized carbons (Fsp3) is 0.471. The van der Waals surface area contributed by atoms with Crippen LogP contribution < -0.4 is 4.90 Å². The fourth-order valence-corrected chi connectivity index (χ4v) is 3.05. The first-order valence-corrected chi connectivity index (χ1v) is 8.34. The first kappa shape index (κ1) is 16.9. The Labute approximate surface area is 146 Å². The lowest BCUT2D eigenvalue weighted by Crippen LogP contribution is -2.51. The first-order valence-electron chi connectivity index (χ1n) is 8.34. The van der Waals surface area contributed by atoms with Gasteiger partial charge in [-0.2, -0.15) is 10.4 Å². The molecular formula is C17H21N7O. The van der Waals surface area contributed by atoms with E-state index in [9.17, 15) is 4.79 Å². The maximum absolute atomic E-state index is 12.9. The van der Waals surface area contributed by atoms with Crippen LogP contribution >= 0.6 is 0 Å². The summed E-state index contributed by atoms with van der Waals surface area (Å²) in [5, 5.41) is 13.0. The molecule has 1 fully saturated rings. The van der Waals surface area contributed by atoms with Gasteiger partial charge in [0.1, 0.15) is 30.6 Å². The van der Waals surface area contributed by atoms with E-state index in [0.717, 1.165) is 5.82 Å². The van der Waals surface area contributed by atoms with Gasteiger partial charge in [0.2, 0.25) is 5.91 Å². The molecule has 0 aliphatic carbocycles. The second-order valence-corrected chi connectivity index (χ2v) is 6.39. The van der Waals surface area contributed by atoms with Gasteiger partial charge in [-0.1, -0.05) is 13.8 Å². The van der Waals surface area contributed by atoms with Gasteiger partial charge in [0.25, 0.3) is 0 Å². The zero-order chi connectivity index (χ0) is 17.8. The molecule has 2 aromatic rings. The third-order valence-electron chi connectivity index (χ3n) is 4.40. The van der Waals surface area contributed by atoms with Crippen molar-refractivity contribution in [2.75, 3.05) is 31.1 Å². The second kappa shape index (κ2) is 7.30. The molecule has 0 N–H and O–H groups in total. The molecule has 1 atom stereocenters. The molecule has 0 spiro atoms. The number of carbonyl (C=O) groups is 1. The molecule has 0 radical (unpaired) electrons. The predicted molar refractivity (Wildman–Crippen MR) is 91.6 cm³/mol. The Hall–Kier alpha value is -2.95. The first-order chi connectivity index (χ1) is 12.1. The van der Waals surface area contributed by atoms with E-state index >= 15 is 0 Å². The highest BCUT2D eigenvalue weighted by atomic mass is 16.2. The van der Waals surface area contributed by atoms with Gasteiger partial charge in [-0.3, -0.25) is 4.79 Å². The Morgan fingerprint density at radius 3 is 2.52 bits per heavy atom. The third kappa shape index (κ3) is 3.60. The monoisotopic (exact) mass is 339 g/mol. The minimum Gasteiger partial charge on any atom is -0.353 e. The van der Waals surface area contributed by atoms with E-state index < -0.39 is 0 Å². The van der Waals surface area contributed by atoms with Crippen molar-refractivity contribution in [3.63, 3.8) is 0 Å². The molecule has 1 aliphatic rings. The lowest BCUT2D eigenvalue weighted by atomic mass is 10.0.